The maximum atomic E-state index is 4.62. The van der Waals surface area contributed by atoms with Gasteiger partial charge in [0, 0.05) is 29.4 Å². The summed E-state index contributed by atoms with van der Waals surface area (Å²) in [4.78, 5) is 9.86. The smallest absolute Gasteiger partial charge is 0.128 e. The van der Waals surface area contributed by atoms with Crippen molar-refractivity contribution in [2.45, 2.75) is 38.5 Å². The summed E-state index contributed by atoms with van der Waals surface area (Å²) < 4.78 is 1.22. The second kappa shape index (κ2) is 8.09. The Balaban J connectivity index is 1.25. The van der Waals surface area contributed by atoms with E-state index in [1.165, 1.54) is 93.7 Å². The molecule has 25 heavy (non-hydrogen) atoms. The maximum absolute atomic E-state index is 4.62. The quantitative estimate of drug-likeness (QED) is 0.710. The molecule has 3 saturated heterocycles. The molecule has 0 aliphatic carbocycles. The molecule has 138 valence electrons. The molecule has 1 aromatic rings. The predicted molar refractivity (Wildman–Crippen MR) is 112 cm³/mol. The molecule has 3 aliphatic heterocycles. The first-order valence-electron chi connectivity index (χ1n) is 10.0. The van der Waals surface area contributed by atoms with E-state index in [0.29, 0.717) is 5.41 Å². The third-order valence-corrected chi connectivity index (χ3v) is 7.39. The zero-order valence-electron chi connectivity index (χ0n) is 15.2. The number of piperidine rings is 3. The Morgan fingerprint density at radius 2 is 1.72 bits per heavy atom. The average Bonchev–Trinajstić information content (AvgIpc) is 2.66. The van der Waals surface area contributed by atoms with E-state index in [1.807, 2.05) is 6.20 Å². The Morgan fingerprint density at radius 1 is 1.04 bits per heavy atom. The van der Waals surface area contributed by atoms with E-state index in [4.69, 9.17) is 0 Å². The van der Waals surface area contributed by atoms with Crippen molar-refractivity contribution in [2.75, 3.05) is 50.7 Å². The lowest BCUT2D eigenvalue weighted by atomic mass is 9.71. The van der Waals surface area contributed by atoms with Crippen LogP contribution in [0.1, 0.15) is 38.5 Å². The molecular weight excluding hydrogens is 423 g/mol. The molecule has 4 rings (SSSR count). The van der Waals surface area contributed by atoms with Crippen LogP contribution in [0.15, 0.2) is 18.3 Å². The Kier molecular flexibility index (Phi) is 5.82. The molecule has 0 radical (unpaired) electrons. The molecule has 0 unspecified atom stereocenters. The third-order valence-electron chi connectivity index (χ3n) is 6.75. The fraction of sp³-hybridized carbons (Fsp3) is 0.750. The van der Waals surface area contributed by atoms with Gasteiger partial charge in [-0.05, 0) is 111 Å². The number of anilines is 1. The van der Waals surface area contributed by atoms with Crippen LogP contribution in [0.3, 0.4) is 0 Å². The fourth-order valence-electron chi connectivity index (χ4n) is 4.90. The second-order valence-electron chi connectivity index (χ2n) is 8.32. The van der Waals surface area contributed by atoms with Crippen LogP contribution in [0, 0.1) is 14.9 Å². The summed E-state index contributed by atoms with van der Waals surface area (Å²) in [5.41, 5.74) is 0.615. The van der Waals surface area contributed by atoms with Crippen LogP contribution < -0.4 is 10.2 Å². The van der Waals surface area contributed by atoms with Gasteiger partial charge in [-0.3, -0.25) is 0 Å². The lowest BCUT2D eigenvalue weighted by Crippen LogP contribution is -2.48. The average molecular weight is 454 g/mol. The first kappa shape index (κ1) is 18.0. The van der Waals surface area contributed by atoms with Crippen molar-refractivity contribution in [1.82, 2.24) is 15.2 Å². The highest BCUT2D eigenvalue weighted by Gasteiger charge is 2.38. The molecule has 0 amide bonds. The first-order valence-corrected chi connectivity index (χ1v) is 11.1. The standard InChI is InChI=1S/C20H31IN4/c21-18-1-2-19(23-15-18)25-13-7-20(8-14-25)5-11-24(12-6-20)16-17-3-9-22-10-4-17/h1-2,15,17,22H,3-14,16H2. The SMILES string of the molecule is Ic1ccc(N2CCC3(CCN(CC4CCNCC4)CC3)CC2)nc1. The van der Waals surface area contributed by atoms with Gasteiger partial charge in [0.25, 0.3) is 0 Å². The summed E-state index contributed by atoms with van der Waals surface area (Å²) in [5.74, 6) is 2.10. The van der Waals surface area contributed by atoms with Crippen LogP contribution in [-0.4, -0.2) is 55.7 Å². The number of nitrogens with one attached hydrogen (secondary N) is 1. The largest absolute Gasteiger partial charge is 0.357 e. The number of halogens is 1. The van der Waals surface area contributed by atoms with E-state index in [0.717, 1.165) is 5.92 Å². The zero-order valence-corrected chi connectivity index (χ0v) is 17.4. The molecule has 3 fully saturated rings. The van der Waals surface area contributed by atoms with Gasteiger partial charge in [0.1, 0.15) is 5.82 Å². The number of hydrogen-bond acceptors (Lipinski definition) is 4. The zero-order chi connectivity index (χ0) is 17.1. The van der Waals surface area contributed by atoms with Gasteiger partial charge in [0.15, 0.2) is 0 Å². The molecule has 1 N–H and O–H groups in total. The maximum Gasteiger partial charge on any atom is 0.128 e. The van der Waals surface area contributed by atoms with Crippen molar-refractivity contribution < 1.29 is 0 Å². The molecule has 4 heterocycles. The van der Waals surface area contributed by atoms with E-state index in [-0.39, 0.29) is 0 Å². The Bertz CT molecular complexity index is 537. The minimum Gasteiger partial charge on any atom is -0.357 e. The van der Waals surface area contributed by atoms with Crippen molar-refractivity contribution in [3.63, 3.8) is 0 Å². The summed E-state index contributed by atoms with van der Waals surface area (Å²) >= 11 is 2.33. The lowest BCUT2D eigenvalue weighted by molar-refractivity contribution is 0.0670. The van der Waals surface area contributed by atoms with Gasteiger partial charge in [0.05, 0.1) is 0 Å². The Labute approximate surface area is 165 Å². The molecule has 0 aromatic carbocycles. The Hall–Kier alpha value is -0.400. The van der Waals surface area contributed by atoms with Crippen molar-refractivity contribution in [1.29, 1.82) is 0 Å². The van der Waals surface area contributed by atoms with Crippen molar-refractivity contribution in [3.8, 4) is 0 Å². The topological polar surface area (TPSA) is 31.4 Å². The van der Waals surface area contributed by atoms with Gasteiger partial charge in [-0.15, -0.1) is 0 Å². The van der Waals surface area contributed by atoms with Gasteiger partial charge in [0.2, 0.25) is 0 Å². The van der Waals surface area contributed by atoms with Gasteiger partial charge in [-0.1, -0.05) is 0 Å². The fourth-order valence-corrected chi connectivity index (χ4v) is 5.22. The molecule has 0 atom stereocenters. The molecule has 1 aromatic heterocycles. The lowest BCUT2D eigenvalue weighted by Gasteiger charge is -2.47. The van der Waals surface area contributed by atoms with E-state index >= 15 is 0 Å². The van der Waals surface area contributed by atoms with Crippen LogP contribution in [0.2, 0.25) is 0 Å². The summed E-state index contributed by atoms with van der Waals surface area (Å²) in [6, 6.07) is 4.36. The van der Waals surface area contributed by atoms with Crippen molar-refractivity contribution in [2.24, 2.45) is 11.3 Å². The second-order valence-corrected chi connectivity index (χ2v) is 9.56. The minimum absolute atomic E-state index is 0.615. The summed E-state index contributed by atoms with van der Waals surface area (Å²) in [5, 5.41) is 3.49. The van der Waals surface area contributed by atoms with E-state index < -0.39 is 0 Å². The van der Waals surface area contributed by atoms with Crippen molar-refractivity contribution >= 4 is 28.4 Å². The number of hydrogen-bond donors (Lipinski definition) is 1. The highest BCUT2D eigenvalue weighted by Crippen LogP contribution is 2.42. The molecule has 0 bridgehead atoms. The third kappa shape index (κ3) is 4.48. The molecular formula is C20H31IN4. The van der Waals surface area contributed by atoms with Gasteiger partial charge in [-0.2, -0.15) is 0 Å². The Morgan fingerprint density at radius 3 is 2.36 bits per heavy atom. The molecule has 5 heteroatoms. The molecule has 0 saturated carbocycles. The van der Waals surface area contributed by atoms with E-state index in [1.54, 1.807) is 0 Å². The highest BCUT2D eigenvalue weighted by atomic mass is 127. The normalized spacial score (nSPS) is 25.4. The van der Waals surface area contributed by atoms with Crippen LogP contribution >= 0.6 is 22.6 Å². The minimum atomic E-state index is 0.615. The van der Waals surface area contributed by atoms with E-state index in [2.05, 4.69) is 54.8 Å². The number of aromatic nitrogens is 1. The van der Waals surface area contributed by atoms with Crippen LogP contribution in [0.5, 0.6) is 0 Å². The van der Waals surface area contributed by atoms with Gasteiger partial charge >= 0.3 is 0 Å². The summed E-state index contributed by atoms with van der Waals surface area (Å²) in [7, 11) is 0. The highest BCUT2D eigenvalue weighted by molar-refractivity contribution is 14.1. The van der Waals surface area contributed by atoms with Crippen LogP contribution in [-0.2, 0) is 0 Å². The molecule has 4 nitrogen and oxygen atoms in total. The van der Waals surface area contributed by atoms with Gasteiger partial charge in [-0.25, -0.2) is 4.98 Å². The molecule has 1 spiro atoms. The number of rotatable bonds is 3. The van der Waals surface area contributed by atoms with Crippen LogP contribution in [0.25, 0.3) is 0 Å². The first-order chi connectivity index (χ1) is 12.2. The number of likely N-dealkylation sites (tertiary alicyclic amines) is 1. The van der Waals surface area contributed by atoms with Crippen LogP contribution in [0.4, 0.5) is 5.82 Å². The number of pyridine rings is 1. The van der Waals surface area contributed by atoms with E-state index in [9.17, 15) is 0 Å². The number of nitrogens with zero attached hydrogens (tertiary/aromatic N) is 3. The van der Waals surface area contributed by atoms with Crippen molar-refractivity contribution in [3.05, 3.63) is 21.9 Å². The molecule has 3 aliphatic rings. The predicted octanol–water partition coefficient (Wildman–Crippen LogP) is 3.37. The van der Waals surface area contributed by atoms with Gasteiger partial charge < -0.3 is 15.1 Å². The monoisotopic (exact) mass is 454 g/mol. The summed E-state index contributed by atoms with van der Waals surface area (Å²) in [6.07, 6.45) is 10.3. The summed E-state index contributed by atoms with van der Waals surface area (Å²) in [6.45, 7) is 8.81.